The number of hydrogen-bond acceptors (Lipinski definition) is 7. The lowest BCUT2D eigenvalue weighted by atomic mass is 10.0. The Morgan fingerprint density at radius 1 is 1.22 bits per heavy atom. The summed E-state index contributed by atoms with van der Waals surface area (Å²) in [6, 6.07) is 9.66. The van der Waals surface area contributed by atoms with E-state index < -0.39 is 28.7 Å². The molecule has 0 radical (unpaired) electrons. The Morgan fingerprint density at radius 2 is 2.05 bits per heavy atom. The van der Waals surface area contributed by atoms with Gasteiger partial charge in [0, 0.05) is 36.4 Å². The maximum atomic E-state index is 15.1. The SMILES string of the molecule is O=C(CCc1ccc(N2C[C@@H]3C[C@H]2C[C@H]3OCc2c(-c3c(F)cccc3Cl)noc2C2CC2)c(F)c1)NCS(=O)[O-]. The zero-order valence-corrected chi connectivity index (χ0v) is 23.7. The molecular formula is C29H29ClF2N3O5S-. The fraction of sp³-hybridized carbons (Fsp3) is 0.448. The maximum absolute atomic E-state index is 15.1. The average molecular weight is 605 g/mol. The van der Waals surface area contributed by atoms with Gasteiger partial charge in [0.05, 0.1) is 34.9 Å². The summed E-state index contributed by atoms with van der Waals surface area (Å²) in [6.07, 6.45) is 3.98. The Bertz CT molecular complexity index is 1460. The van der Waals surface area contributed by atoms with Crippen LogP contribution in [0.4, 0.5) is 14.5 Å². The van der Waals surface area contributed by atoms with Crippen LogP contribution < -0.4 is 10.2 Å². The van der Waals surface area contributed by atoms with Crippen LogP contribution in [0.1, 0.15) is 54.9 Å². The number of anilines is 1. The van der Waals surface area contributed by atoms with E-state index in [9.17, 15) is 17.9 Å². The van der Waals surface area contributed by atoms with Crippen molar-refractivity contribution in [2.24, 2.45) is 5.92 Å². The molecule has 3 aromatic rings. The number of fused-ring (bicyclic) bond motifs is 2. The largest absolute Gasteiger partial charge is 0.771 e. The fourth-order valence-electron chi connectivity index (χ4n) is 6.07. The molecule has 2 bridgehead atoms. The third-order valence-electron chi connectivity index (χ3n) is 8.23. The number of hydrogen-bond donors (Lipinski definition) is 1. The van der Waals surface area contributed by atoms with Crippen LogP contribution in [0.3, 0.4) is 0 Å². The topological polar surface area (TPSA) is 108 Å². The number of ether oxygens (including phenoxy) is 1. The Labute approximate surface area is 243 Å². The van der Waals surface area contributed by atoms with Gasteiger partial charge in [-0.1, -0.05) is 28.9 Å². The van der Waals surface area contributed by atoms with Gasteiger partial charge in [-0.25, -0.2) is 8.78 Å². The van der Waals surface area contributed by atoms with E-state index in [-0.39, 0.29) is 53.4 Å². The van der Waals surface area contributed by atoms with Crippen LogP contribution in [0.5, 0.6) is 0 Å². The second-order valence-electron chi connectivity index (χ2n) is 11.0. The lowest BCUT2D eigenvalue weighted by Crippen LogP contribution is -2.39. The molecule has 3 fully saturated rings. The smallest absolute Gasteiger partial charge is 0.221 e. The molecule has 2 aliphatic carbocycles. The number of piperidine rings is 1. The standard InChI is InChI=1S/C29H30ClF2N3O5S/c30-21-2-1-3-22(31)27(21)28-20(29(40-34-28)17-6-7-17)14-39-25-12-19-11-18(25)13-35(19)24-8-4-16(10-23(24)32)5-9-26(36)33-15-41(37)38/h1-4,8,10,17-19,25H,5-7,9,11-15H2,(H,33,36)(H,37,38)/p-1/t18-,19-,25+/m0/s1. The van der Waals surface area contributed by atoms with Gasteiger partial charge in [-0.05, 0) is 73.0 Å². The second-order valence-corrected chi connectivity index (χ2v) is 12.3. The van der Waals surface area contributed by atoms with Crippen LogP contribution in [0.25, 0.3) is 11.3 Å². The van der Waals surface area contributed by atoms with E-state index in [1.807, 2.05) is 0 Å². The van der Waals surface area contributed by atoms with Crippen LogP contribution in [-0.4, -0.2) is 44.4 Å². The highest BCUT2D eigenvalue weighted by molar-refractivity contribution is 7.79. The number of halogens is 3. The number of aromatic nitrogens is 1. The molecule has 1 saturated heterocycles. The van der Waals surface area contributed by atoms with Crippen LogP contribution >= 0.6 is 11.6 Å². The number of carbonyl (C=O) groups excluding carboxylic acids is 1. The summed E-state index contributed by atoms with van der Waals surface area (Å²) in [5.74, 6) is -0.420. The summed E-state index contributed by atoms with van der Waals surface area (Å²) in [6.45, 7) is 0.899. The van der Waals surface area contributed by atoms with Crippen molar-refractivity contribution in [2.75, 3.05) is 17.3 Å². The summed E-state index contributed by atoms with van der Waals surface area (Å²) in [5, 5.41) is 6.76. The third-order valence-corrected chi connectivity index (χ3v) is 8.93. The van der Waals surface area contributed by atoms with Gasteiger partial charge in [0.25, 0.3) is 0 Å². The van der Waals surface area contributed by atoms with Crippen molar-refractivity contribution in [1.82, 2.24) is 10.5 Å². The summed E-state index contributed by atoms with van der Waals surface area (Å²) in [5.41, 5.74) is 2.55. The van der Waals surface area contributed by atoms with E-state index in [0.29, 0.717) is 29.9 Å². The number of nitrogens with zero attached hydrogens (tertiary/aromatic N) is 2. The first-order valence-electron chi connectivity index (χ1n) is 13.7. The van der Waals surface area contributed by atoms with E-state index in [1.54, 1.807) is 24.3 Å². The summed E-state index contributed by atoms with van der Waals surface area (Å²) >= 11 is 3.98. The zero-order valence-electron chi connectivity index (χ0n) is 22.1. The van der Waals surface area contributed by atoms with E-state index in [2.05, 4.69) is 15.4 Å². The molecule has 41 heavy (non-hydrogen) atoms. The van der Waals surface area contributed by atoms with Gasteiger partial charge in [-0.2, -0.15) is 0 Å². The molecule has 1 unspecified atom stereocenters. The number of aryl methyl sites for hydroxylation is 1. The zero-order chi connectivity index (χ0) is 28.7. The van der Waals surface area contributed by atoms with E-state index in [0.717, 1.165) is 37.0 Å². The van der Waals surface area contributed by atoms with Gasteiger partial charge in [0.15, 0.2) is 0 Å². The summed E-state index contributed by atoms with van der Waals surface area (Å²) in [7, 11) is 0. The van der Waals surface area contributed by atoms with Gasteiger partial charge < -0.3 is 24.0 Å². The monoisotopic (exact) mass is 604 g/mol. The van der Waals surface area contributed by atoms with Gasteiger partial charge >= 0.3 is 0 Å². The summed E-state index contributed by atoms with van der Waals surface area (Å²) in [4.78, 5) is 13.9. The number of amides is 1. The first-order chi connectivity index (χ1) is 19.8. The minimum atomic E-state index is -2.35. The number of rotatable bonds is 11. The summed E-state index contributed by atoms with van der Waals surface area (Å²) < 4.78 is 63.1. The molecule has 1 aromatic heterocycles. The molecule has 3 aliphatic rings. The normalized spacial score (nSPS) is 22.3. The highest BCUT2D eigenvalue weighted by atomic mass is 35.5. The average Bonchev–Trinajstić information content (AvgIpc) is 3.39. The van der Waals surface area contributed by atoms with Crippen LogP contribution in [0.15, 0.2) is 40.9 Å². The van der Waals surface area contributed by atoms with Crippen LogP contribution in [0.2, 0.25) is 5.02 Å². The van der Waals surface area contributed by atoms with Crippen molar-refractivity contribution in [2.45, 2.75) is 63.2 Å². The Balaban J connectivity index is 1.08. The number of nitrogens with one attached hydrogen (secondary N) is 1. The molecule has 1 amide bonds. The van der Waals surface area contributed by atoms with Crippen molar-refractivity contribution in [1.29, 1.82) is 0 Å². The van der Waals surface area contributed by atoms with E-state index >= 15 is 4.39 Å². The molecule has 1 aliphatic heterocycles. The van der Waals surface area contributed by atoms with Gasteiger partial charge in [0.1, 0.15) is 23.1 Å². The minimum absolute atomic E-state index is 0.0218. The molecule has 0 spiro atoms. The lowest BCUT2D eigenvalue weighted by molar-refractivity contribution is -0.120. The fourth-order valence-corrected chi connectivity index (χ4v) is 6.60. The second kappa shape index (κ2) is 11.8. The van der Waals surface area contributed by atoms with Gasteiger partial charge in [0.2, 0.25) is 5.91 Å². The van der Waals surface area contributed by atoms with Crippen LogP contribution in [0, 0.1) is 17.6 Å². The molecular weight excluding hydrogens is 576 g/mol. The molecule has 2 saturated carbocycles. The quantitative estimate of drug-likeness (QED) is 0.299. The van der Waals surface area contributed by atoms with Crippen molar-refractivity contribution in [3.63, 3.8) is 0 Å². The third kappa shape index (κ3) is 6.04. The number of carbonyl (C=O) groups is 1. The predicted molar refractivity (Wildman–Crippen MR) is 148 cm³/mol. The highest BCUT2D eigenvalue weighted by Gasteiger charge is 2.46. The van der Waals surface area contributed by atoms with Crippen molar-refractivity contribution >= 4 is 34.3 Å². The maximum Gasteiger partial charge on any atom is 0.221 e. The Kier molecular flexibility index (Phi) is 8.13. The predicted octanol–water partition coefficient (Wildman–Crippen LogP) is 5.22. The van der Waals surface area contributed by atoms with E-state index in [1.165, 1.54) is 12.1 Å². The van der Waals surface area contributed by atoms with Crippen molar-refractivity contribution in [3.05, 3.63) is 69.9 Å². The molecule has 6 rings (SSSR count). The lowest BCUT2D eigenvalue weighted by Gasteiger charge is -2.33. The minimum Gasteiger partial charge on any atom is -0.771 e. The first-order valence-corrected chi connectivity index (χ1v) is 15.3. The molecule has 12 heteroatoms. The molecule has 2 aromatic carbocycles. The molecule has 1 N–H and O–H groups in total. The molecule has 2 heterocycles. The first kappa shape index (κ1) is 28.3. The Morgan fingerprint density at radius 3 is 2.73 bits per heavy atom. The van der Waals surface area contributed by atoms with Crippen molar-refractivity contribution in [3.8, 4) is 11.3 Å². The van der Waals surface area contributed by atoms with Gasteiger partial charge in [-0.15, -0.1) is 0 Å². The Hall–Kier alpha value is -2.86. The highest BCUT2D eigenvalue weighted by Crippen LogP contribution is 2.47. The number of benzene rings is 2. The van der Waals surface area contributed by atoms with Gasteiger partial charge in [-0.3, -0.25) is 9.00 Å². The molecule has 4 atom stereocenters. The van der Waals surface area contributed by atoms with E-state index in [4.69, 9.17) is 20.9 Å². The molecule has 218 valence electrons. The van der Waals surface area contributed by atoms with Crippen molar-refractivity contribution < 1.29 is 31.6 Å². The van der Waals surface area contributed by atoms with Crippen LogP contribution in [-0.2, 0) is 33.6 Å². The molecule has 8 nitrogen and oxygen atoms in total.